The van der Waals surface area contributed by atoms with Crippen LogP contribution in [0, 0.1) is 12.7 Å². The van der Waals surface area contributed by atoms with Crippen molar-refractivity contribution in [2.24, 2.45) is 0 Å². The molecule has 2 aromatic rings. The number of aryl methyl sites for hydroxylation is 1. The van der Waals surface area contributed by atoms with E-state index in [9.17, 15) is 18.8 Å². The molecule has 1 fully saturated rings. The van der Waals surface area contributed by atoms with E-state index in [4.69, 9.17) is 0 Å². The summed E-state index contributed by atoms with van der Waals surface area (Å²) in [4.78, 5) is 39.5. The van der Waals surface area contributed by atoms with Gasteiger partial charge in [-0.05, 0) is 43.3 Å². The van der Waals surface area contributed by atoms with Gasteiger partial charge in [0.1, 0.15) is 5.82 Å². The fourth-order valence-electron chi connectivity index (χ4n) is 3.37. The van der Waals surface area contributed by atoms with Crippen LogP contribution >= 0.6 is 0 Å². The van der Waals surface area contributed by atoms with Gasteiger partial charge < -0.3 is 20.4 Å². The van der Waals surface area contributed by atoms with E-state index in [-0.39, 0.29) is 36.6 Å². The number of amides is 3. The summed E-state index contributed by atoms with van der Waals surface area (Å²) in [6.45, 7) is 4.49. The fourth-order valence-corrected chi connectivity index (χ4v) is 3.37. The summed E-state index contributed by atoms with van der Waals surface area (Å²) in [5.74, 6) is -0.907. The zero-order chi connectivity index (χ0) is 21.5. The molecule has 3 amide bonds. The number of hydrogen-bond acceptors (Lipinski definition) is 3. The predicted molar refractivity (Wildman–Crippen MR) is 111 cm³/mol. The molecule has 0 spiro atoms. The van der Waals surface area contributed by atoms with E-state index in [1.165, 1.54) is 24.3 Å². The summed E-state index contributed by atoms with van der Waals surface area (Å²) < 4.78 is 12.9. The predicted octanol–water partition coefficient (Wildman–Crippen LogP) is 0.230. The average molecular weight is 413 g/mol. The molecule has 1 aliphatic heterocycles. The molecule has 0 radical (unpaired) electrons. The molecule has 1 aliphatic rings. The maximum absolute atomic E-state index is 12.9. The van der Waals surface area contributed by atoms with Gasteiger partial charge in [-0.3, -0.25) is 14.4 Å². The Morgan fingerprint density at radius 3 is 2.43 bits per heavy atom. The number of piperazine rings is 1. The standard InChI is InChI=1S/C22H25FN4O3/c1-16-3-2-4-17(13-16)22(30)24-14-21(29)27-11-9-26(10-12-27)15-20(28)25-19-7-5-18(23)6-8-19/h2-8,13H,9-12,14-15H2,1H3,(H,24,30)(H,25,28)/p+1. The molecule has 0 atom stereocenters. The maximum atomic E-state index is 12.9. The Morgan fingerprint density at radius 1 is 1.07 bits per heavy atom. The van der Waals surface area contributed by atoms with Crippen molar-refractivity contribution in [3.8, 4) is 0 Å². The molecular formula is C22H26FN4O3+. The molecule has 158 valence electrons. The highest BCUT2D eigenvalue weighted by Crippen LogP contribution is 2.07. The van der Waals surface area contributed by atoms with Crippen molar-refractivity contribution in [2.45, 2.75) is 6.92 Å². The Kier molecular flexibility index (Phi) is 7.13. The topological polar surface area (TPSA) is 83.0 Å². The number of nitrogens with zero attached hydrogens (tertiary/aromatic N) is 1. The summed E-state index contributed by atoms with van der Waals surface area (Å²) in [6.07, 6.45) is 0. The van der Waals surface area contributed by atoms with Gasteiger partial charge in [0.25, 0.3) is 11.8 Å². The molecular weight excluding hydrogens is 387 g/mol. The summed E-state index contributed by atoms with van der Waals surface area (Å²) in [5.41, 5.74) is 2.07. The van der Waals surface area contributed by atoms with Crippen molar-refractivity contribution in [2.75, 3.05) is 44.6 Å². The lowest BCUT2D eigenvalue weighted by Crippen LogP contribution is -3.15. The van der Waals surface area contributed by atoms with Crippen molar-refractivity contribution in [1.82, 2.24) is 10.2 Å². The Bertz CT molecular complexity index is 909. The first-order valence-electron chi connectivity index (χ1n) is 9.92. The minimum atomic E-state index is -0.352. The molecule has 0 aromatic heterocycles. The SMILES string of the molecule is Cc1cccc(C(=O)NCC(=O)N2CC[NH+](CC(=O)Nc3ccc(F)cc3)CC2)c1. The zero-order valence-corrected chi connectivity index (χ0v) is 16.9. The smallest absolute Gasteiger partial charge is 0.279 e. The monoisotopic (exact) mass is 413 g/mol. The van der Waals surface area contributed by atoms with Crippen molar-refractivity contribution in [3.63, 3.8) is 0 Å². The summed E-state index contributed by atoms with van der Waals surface area (Å²) in [5, 5.41) is 5.42. The van der Waals surface area contributed by atoms with E-state index in [0.717, 1.165) is 10.5 Å². The lowest BCUT2D eigenvalue weighted by Gasteiger charge is -2.32. The van der Waals surface area contributed by atoms with Crippen LogP contribution in [-0.2, 0) is 9.59 Å². The van der Waals surface area contributed by atoms with Crippen LogP contribution in [0.15, 0.2) is 48.5 Å². The number of carbonyl (C=O) groups is 3. The normalized spacial score (nSPS) is 14.3. The Hall–Kier alpha value is -3.26. The highest BCUT2D eigenvalue weighted by atomic mass is 19.1. The van der Waals surface area contributed by atoms with Crippen LogP contribution in [0.2, 0.25) is 0 Å². The molecule has 3 N–H and O–H groups in total. The Labute approximate surface area is 174 Å². The fraction of sp³-hybridized carbons (Fsp3) is 0.318. The second kappa shape index (κ2) is 9.98. The van der Waals surface area contributed by atoms with Crippen molar-refractivity contribution in [1.29, 1.82) is 0 Å². The van der Waals surface area contributed by atoms with Crippen LogP contribution in [-0.4, -0.2) is 61.9 Å². The molecule has 1 saturated heterocycles. The molecule has 8 heteroatoms. The minimum Gasteiger partial charge on any atom is -0.343 e. The number of rotatable bonds is 6. The van der Waals surface area contributed by atoms with Gasteiger partial charge in [0.2, 0.25) is 5.91 Å². The lowest BCUT2D eigenvalue weighted by atomic mass is 10.1. The number of carbonyl (C=O) groups excluding carboxylic acids is 3. The molecule has 0 saturated carbocycles. The van der Waals surface area contributed by atoms with Crippen LogP contribution in [0.4, 0.5) is 10.1 Å². The zero-order valence-electron chi connectivity index (χ0n) is 16.9. The number of quaternary nitrogens is 1. The average Bonchev–Trinajstić information content (AvgIpc) is 2.74. The third-order valence-electron chi connectivity index (χ3n) is 5.04. The van der Waals surface area contributed by atoms with Gasteiger partial charge in [-0.15, -0.1) is 0 Å². The second-order valence-electron chi connectivity index (χ2n) is 7.41. The van der Waals surface area contributed by atoms with Crippen molar-refractivity contribution in [3.05, 3.63) is 65.5 Å². The van der Waals surface area contributed by atoms with Gasteiger partial charge in [0.05, 0.1) is 32.7 Å². The quantitative estimate of drug-likeness (QED) is 0.634. The van der Waals surface area contributed by atoms with Crippen LogP contribution in [0.25, 0.3) is 0 Å². The van der Waals surface area contributed by atoms with Gasteiger partial charge in [0, 0.05) is 11.3 Å². The molecule has 30 heavy (non-hydrogen) atoms. The largest absolute Gasteiger partial charge is 0.343 e. The molecule has 1 heterocycles. The van der Waals surface area contributed by atoms with E-state index in [1.807, 2.05) is 13.0 Å². The van der Waals surface area contributed by atoms with Gasteiger partial charge in [-0.25, -0.2) is 4.39 Å². The summed E-state index contributed by atoms with van der Waals surface area (Å²) in [7, 11) is 0. The lowest BCUT2D eigenvalue weighted by molar-refractivity contribution is -0.895. The highest BCUT2D eigenvalue weighted by Gasteiger charge is 2.25. The second-order valence-corrected chi connectivity index (χ2v) is 7.41. The molecule has 2 aromatic carbocycles. The molecule has 0 aliphatic carbocycles. The molecule has 0 bridgehead atoms. The van der Waals surface area contributed by atoms with Gasteiger partial charge in [0.15, 0.2) is 6.54 Å². The first kappa shape index (κ1) is 21.4. The number of nitrogens with one attached hydrogen (secondary N) is 3. The third-order valence-corrected chi connectivity index (χ3v) is 5.04. The van der Waals surface area contributed by atoms with Crippen LogP contribution in [0.1, 0.15) is 15.9 Å². The van der Waals surface area contributed by atoms with E-state index < -0.39 is 0 Å². The van der Waals surface area contributed by atoms with E-state index in [0.29, 0.717) is 37.4 Å². The third kappa shape index (κ3) is 6.12. The van der Waals surface area contributed by atoms with Crippen molar-refractivity contribution < 1.29 is 23.7 Å². The summed E-state index contributed by atoms with van der Waals surface area (Å²) >= 11 is 0. The first-order chi connectivity index (χ1) is 14.4. The minimum absolute atomic E-state index is 0.0485. The van der Waals surface area contributed by atoms with Crippen LogP contribution in [0.3, 0.4) is 0 Å². The summed E-state index contributed by atoms with van der Waals surface area (Å²) in [6, 6.07) is 12.8. The Balaban J connectivity index is 1.39. The van der Waals surface area contributed by atoms with Gasteiger partial charge in [-0.1, -0.05) is 17.7 Å². The van der Waals surface area contributed by atoms with E-state index >= 15 is 0 Å². The molecule has 7 nitrogen and oxygen atoms in total. The Morgan fingerprint density at radius 2 is 1.77 bits per heavy atom. The number of anilines is 1. The van der Waals surface area contributed by atoms with Crippen LogP contribution in [0.5, 0.6) is 0 Å². The highest BCUT2D eigenvalue weighted by molar-refractivity contribution is 5.96. The van der Waals surface area contributed by atoms with Crippen molar-refractivity contribution >= 4 is 23.4 Å². The number of hydrogen-bond donors (Lipinski definition) is 3. The number of halogens is 1. The molecule has 0 unspecified atom stereocenters. The van der Waals surface area contributed by atoms with E-state index in [2.05, 4.69) is 10.6 Å². The molecule has 3 rings (SSSR count). The van der Waals surface area contributed by atoms with Gasteiger partial charge in [-0.2, -0.15) is 0 Å². The number of benzene rings is 2. The van der Waals surface area contributed by atoms with E-state index in [1.54, 1.807) is 23.1 Å². The maximum Gasteiger partial charge on any atom is 0.279 e. The van der Waals surface area contributed by atoms with Gasteiger partial charge >= 0.3 is 0 Å². The first-order valence-corrected chi connectivity index (χ1v) is 9.92. The van der Waals surface area contributed by atoms with Crippen LogP contribution < -0.4 is 15.5 Å².